The van der Waals surface area contributed by atoms with Gasteiger partial charge in [0.1, 0.15) is 24.4 Å². The second-order valence-electron chi connectivity index (χ2n) is 13.2. The van der Waals surface area contributed by atoms with E-state index in [2.05, 4.69) is 0 Å². The highest BCUT2D eigenvalue weighted by atomic mass is 16.8. The van der Waals surface area contributed by atoms with Crippen LogP contribution in [0.3, 0.4) is 0 Å². The van der Waals surface area contributed by atoms with Crippen LogP contribution in [0.1, 0.15) is 19.8 Å². The number of ether oxygens (including phenoxy) is 11. The smallest absolute Gasteiger partial charge is 0.200 e. The van der Waals surface area contributed by atoms with Crippen LogP contribution in [0, 0.1) is 11.8 Å². The summed E-state index contributed by atoms with van der Waals surface area (Å²) in [5.74, 6) is -6.66. The van der Waals surface area contributed by atoms with Crippen LogP contribution in [0.25, 0.3) is 0 Å². The standard InChI is InChI=1S/C32H58O20/c1-2-29(17-36)48-15-23(40)26(49-29)16-42-5-3-30(18-37,45-6-4-33)46-9-7-43-13-21-24(11-34)50-31(21,19-38)47-10-8-44-14-22-28-27(41)25(12-35)51-32(22,20-39)52-28/h21-28,33-41H,2-20H2,1H3/t21-,22-,23?,24?,25+,26+,27?,28?,29?,30?,31?,32?/m0/s1. The summed E-state index contributed by atoms with van der Waals surface area (Å²) < 4.78 is 62.5. The van der Waals surface area contributed by atoms with Crippen LogP contribution in [0.4, 0.5) is 0 Å². The molecule has 306 valence electrons. The average molecular weight is 763 g/mol. The Hall–Kier alpha value is -0.800. The fraction of sp³-hybridized carbons (Fsp3) is 1.00. The molecule has 52 heavy (non-hydrogen) atoms. The highest BCUT2D eigenvalue weighted by Crippen LogP contribution is 2.48. The molecule has 20 heteroatoms. The lowest BCUT2D eigenvalue weighted by atomic mass is 9.79. The summed E-state index contributed by atoms with van der Waals surface area (Å²) in [5.41, 5.74) is 0. The molecule has 0 aromatic carbocycles. The molecule has 4 aliphatic heterocycles. The van der Waals surface area contributed by atoms with E-state index in [1.54, 1.807) is 6.92 Å². The van der Waals surface area contributed by atoms with Crippen LogP contribution in [-0.4, -0.2) is 218 Å². The Morgan fingerprint density at radius 3 is 2.00 bits per heavy atom. The topological polar surface area (TPSA) is 284 Å². The number of aliphatic hydroxyl groups excluding tert-OH is 9. The zero-order valence-electron chi connectivity index (χ0n) is 29.6. The first-order valence-corrected chi connectivity index (χ1v) is 17.7. The molecule has 4 fully saturated rings. The van der Waals surface area contributed by atoms with E-state index in [1.807, 2.05) is 0 Å². The first kappa shape index (κ1) is 43.9. The van der Waals surface area contributed by atoms with Crippen LogP contribution >= 0.6 is 0 Å². The van der Waals surface area contributed by atoms with E-state index in [-0.39, 0.29) is 92.3 Å². The van der Waals surface area contributed by atoms with Gasteiger partial charge in [-0.3, -0.25) is 0 Å². The lowest BCUT2D eigenvalue weighted by Crippen LogP contribution is -2.76. The van der Waals surface area contributed by atoms with Gasteiger partial charge < -0.3 is 98.1 Å². The van der Waals surface area contributed by atoms with E-state index in [1.165, 1.54) is 0 Å². The first-order chi connectivity index (χ1) is 25.1. The van der Waals surface area contributed by atoms with Crippen molar-refractivity contribution in [3.05, 3.63) is 0 Å². The number of hydrogen-bond donors (Lipinski definition) is 9. The van der Waals surface area contributed by atoms with Gasteiger partial charge in [-0.05, 0) is 0 Å². The normalized spacial score (nSPS) is 38.4. The molecule has 20 nitrogen and oxygen atoms in total. The molecule has 0 aliphatic carbocycles. The summed E-state index contributed by atoms with van der Waals surface area (Å²) in [6, 6.07) is 0. The summed E-state index contributed by atoms with van der Waals surface area (Å²) in [7, 11) is 0. The van der Waals surface area contributed by atoms with E-state index in [0.29, 0.717) is 6.42 Å². The van der Waals surface area contributed by atoms with Gasteiger partial charge in [0.2, 0.25) is 0 Å². The number of hydrogen-bond acceptors (Lipinski definition) is 20. The summed E-state index contributed by atoms with van der Waals surface area (Å²) in [4.78, 5) is 0. The minimum absolute atomic E-state index is 0.00458. The van der Waals surface area contributed by atoms with E-state index < -0.39 is 98.0 Å². The fourth-order valence-electron chi connectivity index (χ4n) is 6.73. The molecule has 0 spiro atoms. The quantitative estimate of drug-likeness (QED) is 0.0280. The molecule has 4 aliphatic rings. The van der Waals surface area contributed by atoms with E-state index >= 15 is 0 Å². The highest BCUT2D eigenvalue weighted by Gasteiger charge is 2.65. The van der Waals surface area contributed by atoms with Crippen LogP contribution in [0.5, 0.6) is 0 Å². The third kappa shape index (κ3) is 9.95. The maximum absolute atomic E-state index is 10.3. The molecular formula is C32H58O20. The number of aliphatic hydroxyl groups is 9. The molecular weight excluding hydrogens is 704 g/mol. The van der Waals surface area contributed by atoms with Crippen molar-refractivity contribution in [2.24, 2.45) is 11.8 Å². The van der Waals surface area contributed by atoms with Crippen molar-refractivity contribution >= 4 is 0 Å². The first-order valence-electron chi connectivity index (χ1n) is 17.7. The van der Waals surface area contributed by atoms with Crippen LogP contribution in [-0.2, 0) is 52.1 Å². The van der Waals surface area contributed by atoms with E-state index in [9.17, 15) is 46.0 Å². The SMILES string of the molecule is CCC1(CO)OCC(O)[C@@H](COCCC(CO)(OCCO)OCCOC[C@H]2C(CO)OC2(CO)OCCOC[C@H]2C3OC2(CO)O[C@H](CO)C3O)O1. The average Bonchev–Trinajstić information content (AvgIpc) is 3.16. The predicted molar refractivity (Wildman–Crippen MR) is 170 cm³/mol. The molecule has 4 saturated heterocycles. The fourth-order valence-corrected chi connectivity index (χ4v) is 6.73. The molecule has 0 aromatic rings. The molecule has 4 heterocycles. The maximum atomic E-state index is 10.3. The van der Waals surface area contributed by atoms with E-state index in [0.717, 1.165) is 0 Å². The van der Waals surface area contributed by atoms with Crippen molar-refractivity contribution in [2.75, 3.05) is 112 Å². The lowest BCUT2D eigenvalue weighted by Gasteiger charge is -2.60. The second-order valence-corrected chi connectivity index (χ2v) is 13.2. The molecule has 9 N–H and O–H groups in total. The number of fused-ring (bicyclic) bond motifs is 2. The van der Waals surface area contributed by atoms with Gasteiger partial charge in [-0.15, -0.1) is 0 Å². The number of rotatable bonds is 27. The minimum Gasteiger partial charge on any atom is -0.394 e. The summed E-state index contributed by atoms with van der Waals surface area (Å²) in [5, 5.41) is 88.9. The van der Waals surface area contributed by atoms with Crippen molar-refractivity contribution in [1.29, 1.82) is 0 Å². The van der Waals surface area contributed by atoms with Crippen LogP contribution in [0.15, 0.2) is 0 Å². The van der Waals surface area contributed by atoms with Gasteiger partial charge >= 0.3 is 0 Å². The highest BCUT2D eigenvalue weighted by molar-refractivity contribution is 5.05. The Labute approximate surface area is 301 Å². The molecule has 8 unspecified atom stereocenters. The van der Waals surface area contributed by atoms with Gasteiger partial charge in [-0.2, -0.15) is 0 Å². The zero-order valence-corrected chi connectivity index (χ0v) is 29.6. The minimum atomic E-state index is -1.55. The largest absolute Gasteiger partial charge is 0.394 e. The van der Waals surface area contributed by atoms with Gasteiger partial charge in [0.05, 0.1) is 136 Å². The molecule has 12 atom stereocenters. The van der Waals surface area contributed by atoms with Crippen molar-refractivity contribution in [2.45, 2.75) is 79.5 Å². The molecule has 0 aromatic heterocycles. The second kappa shape index (κ2) is 20.4. The molecule has 4 rings (SSSR count). The van der Waals surface area contributed by atoms with Crippen molar-refractivity contribution < 1.29 is 98.1 Å². The maximum Gasteiger partial charge on any atom is 0.200 e. The monoisotopic (exact) mass is 762 g/mol. The van der Waals surface area contributed by atoms with Gasteiger partial charge in [0.25, 0.3) is 0 Å². The predicted octanol–water partition coefficient (Wildman–Crippen LogP) is -4.82. The Bertz CT molecular complexity index is 1020. The van der Waals surface area contributed by atoms with Gasteiger partial charge in [-0.25, -0.2) is 0 Å². The van der Waals surface area contributed by atoms with Gasteiger partial charge in [-0.1, -0.05) is 6.92 Å². The molecule has 2 bridgehead atoms. The summed E-state index contributed by atoms with van der Waals surface area (Å²) >= 11 is 0. The zero-order chi connectivity index (χ0) is 37.8. The van der Waals surface area contributed by atoms with Crippen LogP contribution in [0.2, 0.25) is 0 Å². The Balaban J connectivity index is 1.18. The Morgan fingerprint density at radius 1 is 0.673 bits per heavy atom. The van der Waals surface area contributed by atoms with E-state index in [4.69, 9.17) is 52.1 Å². The molecule has 0 saturated carbocycles. The Morgan fingerprint density at radius 2 is 1.37 bits per heavy atom. The lowest BCUT2D eigenvalue weighted by molar-refractivity contribution is -0.470. The Kier molecular flexibility index (Phi) is 17.2. The molecule has 0 amide bonds. The third-order valence-corrected chi connectivity index (χ3v) is 9.99. The van der Waals surface area contributed by atoms with Crippen molar-refractivity contribution in [3.63, 3.8) is 0 Å². The summed E-state index contributed by atoms with van der Waals surface area (Å²) in [6.07, 6.45) is -4.62. The van der Waals surface area contributed by atoms with Crippen molar-refractivity contribution in [1.82, 2.24) is 0 Å². The third-order valence-electron chi connectivity index (χ3n) is 9.99. The molecule has 0 radical (unpaired) electrons. The summed E-state index contributed by atoms with van der Waals surface area (Å²) in [6.45, 7) is -1.43. The van der Waals surface area contributed by atoms with Gasteiger partial charge in [0, 0.05) is 12.8 Å². The van der Waals surface area contributed by atoms with Gasteiger partial charge in [0.15, 0.2) is 23.1 Å². The van der Waals surface area contributed by atoms with Crippen LogP contribution < -0.4 is 0 Å². The van der Waals surface area contributed by atoms with Crippen molar-refractivity contribution in [3.8, 4) is 0 Å².